The number of ether oxygens (including phenoxy) is 1. The number of para-hydroxylation sites is 1. The predicted octanol–water partition coefficient (Wildman–Crippen LogP) is 3.25. The third kappa shape index (κ3) is 3.42. The minimum Gasteiger partial charge on any atom is -0.405 e. The molecule has 0 amide bonds. The molecule has 0 fully saturated rings. The van der Waals surface area contributed by atoms with Crippen LogP contribution in [0.15, 0.2) is 48.5 Å². The zero-order chi connectivity index (χ0) is 14.8. The van der Waals surface area contributed by atoms with Gasteiger partial charge in [0.05, 0.1) is 0 Å². The zero-order valence-corrected chi connectivity index (χ0v) is 10.3. The summed E-state index contributed by atoms with van der Waals surface area (Å²) < 4.78 is 40.9. The summed E-state index contributed by atoms with van der Waals surface area (Å²) in [7, 11) is 0. The highest BCUT2D eigenvalue weighted by molar-refractivity contribution is 5.46. The number of alkyl halides is 3. The van der Waals surface area contributed by atoms with E-state index in [1.165, 1.54) is 24.3 Å². The summed E-state index contributed by atoms with van der Waals surface area (Å²) in [5.41, 5.74) is 6.42. The number of hydrogen-bond donors (Lipinski definition) is 2. The van der Waals surface area contributed by atoms with Gasteiger partial charge in [-0.05, 0) is 23.8 Å². The lowest BCUT2D eigenvalue weighted by atomic mass is 10.0. The van der Waals surface area contributed by atoms with Crippen LogP contribution >= 0.6 is 0 Å². The quantitative estimate of drug-likeness (QED) is 0.850. The Morgan fingerprint density at radius 1 is 1.05 bits per heavy atom. The van der Waals surface area contributed by atoms with E-state index in [0.717, 1.165) is 6.07 Å². The summed E-state index contributed by atoms with van der Waals surface area (Å²) in [6, 6.07) is 11.7. The molecule has 0 aliphatic heterocycles. The van der Waals surface area contributed by atoms with E-state index in [1.807, 2.05) is 0 Å². The van der Waals surface area contributed by atoms with Gasteiger partial charge in [0.1, 0.15) is 11.9 Å². The fourth-order valence-electron chi connectivity index (χ4n) is 1.83. The van der Waals surface area contributed by atoms with Gasteiger partial charge in [0.15, 0.2) is 0 Å². The zero-order valence-electron chi connectivity index (χ0n) is 10.3. The molecule has 0 aliphatic carbocycles. The molecule has 1 unspecified atom stereocenters. The van der Waals surface area contributed by atoms with E-state index in [0.29, 0.717) is 11.3 Å². The third-order valence-corrected chi connectivity index (χ3v) is 2.67. The molecule has 2 rings (SSSR count). The standard InChI is InChI=1S/C14H12F3NO2/c15-14(16,17)20-12-7-2-1-6-11(12)13(19)9-4-3-5-10(18)8-9/h1-8,13,19H,18H2. The van der Waals surface area contributed by atoms with Gasteiger partial charge >= 0.3 is 6.36 Å². The van der Waals surface area contributed by atoms with Crippen LogP contribution in [0.4, 0.5) is 18.9 Å². The molecule has 0 spiro atoms. The SMILES string of the molecule is Nc1cccc(C(O)c2ccccc2OC(F)(F)F)c1. The van der Waals surface area contributed by atoms with Crippen molar-refractivity contribution in [3.8, 4) is 5.75 Å². The van der Waals surface area contributed by atoms with Crippen molar-refractivity contribution in [1.82, 2.24) is 0 Å². The van der Waals surface area contributed by atoms with Crippen molar-refractivity contribution in [2.24, 2.45) is 0 Å². The van der Waals surface area contributed by atoms with Gasteiger partial charge in [-0.25, -0.2) is 0 Å². The summed E-state index contributed by atoms with van der Waals surface area (Å²) in [4.78, 5) is 0. The average Bonchev–Trinajstić information content (AvgIpc) is 2.37. The number of hydrogen-bond acceptors (Lipinski definition) is 3. The van der Waals surface area contributed by atoms with Gasteiger partial charge in [0.25, 0.3) is 0 Å². The van der Waals surface area contributed by atoms with E-state index in [4.69, 9.17) is 5.73 Å². The van der Waals surface area contributed by atoms with Gasteiger partial charge < -0.3 is 15.6 Å². The molecule has 106 valence electrons. The number of aliphatic hydroxyl groups is 1. The van der Waals surface area contributed by atoms with Crippen LogP contribution in [-0.2, 0) is 0 Å². The first-order valence-electron chi connectivity index (χ1n) is 5.75. The van der Waals surface area contributed by atoms with Gasteiger partial charge in [-0.1, -0.05) is 30.3 Å². The van der Waals surface area contributed by atoms with Crippen LogP contribution in [0.1, 0.15) is 17.2 Å². The molecule has 3 N–H and O–H groups in total. The Kier molecular flexibility index (Phi) is 3.85. The lowest BCUT2D eigenvalue weighted by Gasteiger charge is -2.17. The first-order chi connectivity index (χ1) is 9.37. The molecule has 0 saturated heterocycles. The van der Waals surface area contributed by atoms with Crippen LogP contribution in [0.25, 0.3) is 0 Å². The molecule has 20 heavy (non-hydrogen) atoms. The topological polar surface area (TPSA) is 55.5 Å². The van der Waals surface area contributed by atoms with Crippen molar-refractivity contribution in [3.05, 3.63) is 59.7 Å². The van der Waals surface area contributed by atoms with Crippen molar-refractivity contribution in [1.29, 1.82) is 0 Å². The minimum atomic E-state index is -4.81. The number of halogens is 3. The molecule has 2 aromatic rings. The van der Waals surface area contributed by atoms with E-state index >= 15 is 0 Å². The van der Waals surface area contributed by atoms with E-state index < -0.39 is 18.2 Å². The van der Waals surface area contributed by atoms with Gasteiger partial charge in [-0.3, -0.25) is 0 Å². The van der Waals surface area contributed by atoms with Crippen molar-refractivity contribution >= 4 is 5.69 Å². The lowest BCUT2D eigenvalue weighted by molar-refractivity contribution is -0.275. The van der Waals surface area contributed by atoms with Crippen molar-refractivity contribution in [2.75, 3.05) is 5.73 Å². The molecule has 0 heterocycles. The second kappa shape index (κ2) is 5.42. The van der Waals surface area contributed by atoms with Gasteiger partial charge in [0, 0.05) is 11.3 Å². The number of nitrogens with two attached hydrogens (primary N) is 1. The maximum atomic E-state index is 12.3. The van der Waals surface area contributed by atoms with E-state index in [9.17, 15) is 18.3 Å². The van der Waals surface area contributed by atoms with Crippen molar-refractivity contribution < 1.29 is 23.0 Å². The highest BCUT2D eigenvalue weighted by Crippen LogP contribution is 2.33. The molecule has 2 aromatic carbocycles. The lowest BCUT2D eigenvalue weighted by Crippen LogP contribution is -2.18. The monoisotopic (exact) mass is 283 g/mol. The summed E-state index contributed by atoms with van der Waals surface area (Å²) in [6.07, 6.45) is -6.07. The van der Waals surface area contributed by atoms with E-state index in [-0.39, 0.29) is 5.56 Å². The van der Waals surface area contributed by atoms with Gasteiger partial charge in [0.2, 0.25) is 0 Å². The number of anilines is 1. The first kappa shape index (κ1) is 14.2. The van der Waals surface area contributed by atoms with Crippen LogP contribution < -0.4 is 10.5 Å². The fraction of sp³-hybridized carbons (Fsp3) is 0.143. The second-order valence-electron chi connectivity index (χ2n) is 4.16. The van der Waals surface area contributed by atoms with E-state index in [2.05, 4.69) is 4.74 Å². The van der Waals surface area contributed by atoms with Crippen LogP contribution in [0.5, 0.6) is 5.75 Å². The third-order valence-electron chi connectivity index (χ3n) is 2.67. The van der Waals surface area contributed by atoms with E-state index in [1.54, 1.807) is 18.2 Å². The van der Waals surface area contributed by atoms with Gasteiger partial charge in [-0.15, -0.1) is 13.2 Å². The highest BCUT2D eigenvalue weighted by atomic mass is 19.4. The molecule has 0 aliphatic rings. The predicted molar refractivity (Wildman–Crippen MR) is 68.0 cm³/mol. The second-order valence-corrected chi connectivity index (χ2v) is 4.16. The Bertz CT molecular complexity index is 599. The largest absolute Gasteiger partial charge is 0.573 e. The Balaban J connectivity index is 2.37. The molecule has 0 saturated carbocycles. The van der Waals surface area contributed by atoms with Crippen molar-refractivity contribution in [3.63, 3.8) is 0 Å². The molecule has 0 radical (unpaired) electrons. The summed E-state index contributed by atoms with van der Waals surface area (Å²) in [5, 5.41) is 10.2. The number of nitrogen functional groups attached to an aromatic ring is 1. The number of aliphatic hydroxyl groups excluding tert-OH is 1. The molecule has 0 bridgehead atoms. The molecule has 1 atom stereocenters. The molecule has 6 heteroatoms. The summed E-state index contributed by atoms with van der Waals surface area (Å²) in [6.45, 7) is 0. The van der Waals surface area contributed by atoms with Crippen molar-refractivity contribution in [2.45, 2.75) is 12.5 Å². The molecular weight excluding hydrogens is 271 g/mol. The van der Waals surface area contributed by atoms with Crippen LogP contribution in [-0.4, -0.2) is 11.5 Å². The van der Waals surface area contributed by atoms with Gasteiger partial charge in [-0.2, -0.15) is 0 Å². The minimum absolute atomic E-state index is 0.0235. The highest BCUT2D eigenvalue weighted by Gasteiger charge is 2.32. The van der Waals surface area contributed by atoms with Crippen LogP contribution in [0.3, 0.4) is 0 Å². The summed E-state index contributed by atoms with van der Waals surface area (Å²) >= 11 is 0. The Morgan fingerprint density at radius 2 is 1.75 bits per heavy atom. The Labute approximate surface area is 113 Å². The normalized spacial score (nSPS) is 13.0. The maximum Gasteiger partial charge on any atom is 0.573 e. The Hall–Kier alpha value is -2.21. The molecular formula is C14H12F3NO2. The first-order valence-corrected chi connectivity index (χ1v) is 5.75. The number of benzene rings is 2. The number of rotatable bonds is 3. The Morgan fingerprint density at radius 3 is 2.40 bits per heavy atom. The van der Waals surface area contributed by atoms with Crippen LogP contribution in [0.2, 0.25) is 0 Å². The molecule has 3 nitrogen and oxygen atoms in total. The summed E-state index contributed by atoms with van der Waals surface area (Å²) in [5.74, 6) is -0.435. The maximum absolute atomic E-state index is 12.3. The smallest absolute Gasteiger partial charge is 0.405 e. The average molecular weight is 283 g/mol. The van der Waals surface area contributed by atoms with Crippen LogP contribution in [0, 0.1) is 0 Å². The fourth-order valence-corrected chi connectivity index (χ4v) is 1.83. The molecule has 0 aromatic heterocycles.